The van der Waals surface area contributed by atoms with Crippen LogP contribution in [0.5, 0.6) is 0 Å². The van der Waals surface area contributed by atoms with Crippen LogP contribution in [0.15, 0.2) is 48.5 Å². The Balaban J connectivity index is 2.31. The number of aryl methyl sites for hydroxylation is 1. The van der Waals surface area contributed by atoms with Crippen LogP contribution in [0.25, 0.3) is 11.1 Å². The van der Waals surface area contributed by atoms with E-state index in [0.29, 0.717) is 5.56 Å². The molecule has 2 aromatic rings. The first kappa shape index (κ1) is 48.9. The molecule has 0 aliphatic carbocycles. The first-order chi connectivity index (χ1) is 27.1. The van der Waals surface area contributed by atoms with Crippen molar-refractivity contribution in [2.75, 3.05) is 13.1 Å². The predicted molar refractivity (Wildman–Crippen MR) is 221 cm³/mol. The minimum atomic E-state index is -1.21. The number of ketones is 2. The van der Waals surface area contributed by atoms with E-state index < -0.39 is 70.9 Å². The average Bonchev–Trinajstić information content (AvgIpc) is 3.13. The lowest BCUT2D eigenvalue weighted by atomic mass is 9.92. The van der Waals surface area contributed by atoms with Crippen molar-refractivity contribution >= 4 is 41.5 Å². The molecule has 0 saturated heterocycles. The molecule has 0 aliphatic heterocycles. The van der Waals surface area contributed by atoms with Gasteiger partial charge in [0.05, 0.1) is 6.04 Å². The van der Waals surface area contributed by atoms with Crippen LogP contribution in [-0.2, 0) is 35.1 Å². The number of benzene rings is 2. The average molecular weight is 809 g/mol. The summed E-state index contributed by atoms with van der Waals surface area (Å²) in [7, 11) is 0. The molecular formula is C44H64N4O10. The van der Waals surface area contributed by atoms with Crippen LogP contribution in [0.2, 0.25) is 0 Å². The number of nitrogens with one attached hydrogen (secondary N) is 4. The number of Topliss-reactive ketones (excluding diaryl/α,β-unsaturated/α-hetero) is 2. The molecule has 4 atom stereocenters. The molecule has 0 unspecified atom stereocenters. The number of unbranched alkanes of at least 4 members (excludes halogenated alkanes) is 1. The van der Waals surface area contributed by atoms with E-state index in [1.807, 2.05) is 24.3 Å². The van der Waals surface area contributed by atoms with E-state index in [0.717, 1.165) is 30.4 Å². The van der Waals surface area contributed by atoms with Gasteiger partial charge in [-0.1, -0.05) is 75.7 Å². The van der Waals surface area contributed by atoms with Gasteiger partial charge in [-0.3, -0.25) is 19.2 Å². The Kier molecular flexibility index (Phi) is 19.6. The van der Waals surface area contributed by atoms with E-state index in [1.54, 1.807) is 60.6 Å². The Morgan fingerprint density at radius 1 is 0.672 bits per heavy atom. The van der Waals surface area contributed by atoms with Gasteiger partial charge in [-0.25, -0.2) is 14.4 Å². The molecule has 2 aromatic carbocycles. The van der Waals surface area contributed by atoms with Gasteiger partial charge < -0.3 is 35.8 Å². The lowest BCUT2D eigenvalue weighted by Gasteiger charge is -2.24. The summed E-state index contributed by atoms with van der Waals surface area (Å²) in [5, 5.41) is 19.7. The molecule has 0 heterocycles. The van der Waals surface area contributed by atoms with Crippen molar-refractivity contribution in [1.82, 2.24) is 21.3 Å². The predicted octanol–water partition coefficient (Wildman–Crippen LogP) is 6.77. The Bertz CT molecular complexity index is 1690. The van der Waals surface area contributed by atoms with E-state index in [1.165, 1.54) is 12.5 Å². The molecule has 5 N–H and O–H groups in total. The third kappa shape index (κ3) is 18.3. The van der Waals surface area contributed by atoms with Gasteiger partial charge in [0.2, 0.25) is 11.8 Å². The molecule has 58 heavy (non-hydrogen) atoms. The number of carboxylic acids is 1. The monoisotopic (exact) mass is 808 g/mol. The molecule has 0 radical (unpaired) electrons. The minimum absolute atomic E-state index is 0.0166. The van der Waals surface area contributed by atoms with E-state index >= 15 is 0 Å². The lowest BCUT2D eigenvalue weighted by molar-refractivity contribution is -0.142. The second kappa shape index (κ2) is 23.2. The summed E-state index contributed by atoms with van der Waals surface area (Å²) >= 11 is 0. The lowest BCUT2D eigenvalue weighted by Crippen LogP contribution is -2.48. The van der Waals surface area contributed by atoms with Crippen molar-refractivity contribution < 1.29 is 48.1 Å². The maximum Gasteiger partial charge on any atom is 0.407 e. The van der Waals surface area contributed by atoms with Crippen LogP contribution in [0.3, 0.4) is 0 Å². The van der Waals surface area contributed by atoms with E-state index in [9.17, 15) is 38.7 Å². The zero-order valence-corrected chi connectivity index (χ0v) is 35.6. The molecule has 14 nitrogen and oxygen atoms in total. The van der Waals surface area contributed by atoms with Gasteiger partial charge in [0, 0.05) is 43.3 Å². The highest BCUT2D eigenvalue weighted by atomic mass is 16.6. The van der Waals surface area contributed by atoms with Crippen molar-refractivity contribution in [1.29, 1.82) is 0 Å². The molecule has 0 fully saturated rings. The molecule has 0 saturated carbocycles. The smallest absolute Gasteiger partial charge is 0.407 e. The minimum Gasteiger partial charge on any atom is -0.480 e. The maximum atomic E-state index is 14.0. The summed E-state index contributed by atoms with van der Waals surface area (Å²) in [4.78, 5) is 90.5. The molecule has 4 amide bonds. The van der Waals surface area contributed by atoms with Crippen LogP contribution in [0, 0.1) is 11.8 Å². The van der Waals surface area contributed by atoms with Crippen molar-refractivity contribution in [3.8, 4) is 11.1 Å². The fraction of sp³-hybridized carbons (Fsp3) is 0.568. The summed E-state index contributed by atoms with van der Waals surface area (Å²) in [5.74, 6) is -5.34. The van der Waals surface area contributed by atoms with Crippen LogP contribution >= 0.6 is 0 Å². The SMILES string of the molecule is CCCCc1ccc(-c2ccc(C(=O)C[C@@H](CCNC(=O)OC(C)(C)C)C(=O)N[C@@H](CCNC(=O)OC(C)(C)C)C(=O)C[C@@H](C)C(=O)N[C@@H](CC)C(=O)O)cc2)cc1. The number of aliphatic carboxylic acids is 1. The van der Waals surface area contributed by atoms with E-state index in [4.69, 9.17) is 9.47 Å². The topological polar surface area (TPSA) is 206 Å². The van der Waals surface area contributed by atoms with Gasteiger partial charge in [-0.15, -0.1) is 0 Å². The van der Waals surface area contributed by atoms with Crippen molar-refractivity contribution in [2.45, 2.75) is 137 Å². The fourth-order valence-corrected chi connectivity index (χ4v) is 5.85. The third-order valence-corrected chi connectivity index (χ3v) is 9.06. The van der Waals surface area contributed by atoms with Gasteiger partial charge in [0.1, 0.15) is 17.2 Å². The Morgan fingerprint density at radius 3 is 1.66 bits per heavy atom. The number of ether oxygens (including phenoxy) is 2. The van der Waals surface area contributed by atoms with Crippen LogP contribution < -0.4 is 21.3 Å². The zero-order chi connectivity index (χ0) is 43.6. The van der Waals surface area contributed by atoms with E-state index in [-0.39, 0.29) is 51.0 Å². The molecule has 0 spiro atoms. The Labute approximate surface area is 343 Å². The molecule has 2 rings (SSSR count). The van der Waals surface area contributed by atoms with Gasteiger partial charge in [0.25, 0.3) is 0 Å². The second-order valence-electron chi connectivity index (χ2n) is 16.6. The van der Waals surface area contributed by atoms with Crippen LogP contribution in [-0.4, -0.2) is 83.0 Å². The highest BCUT2D eigenvalue weighted by Crippen LogP contribution is 2.23. The largest absolute Gasteiger partial charge is 0.480 e. The molecule has 0 aliphatic rings. The summed E-state index contributed by atoms with van der Waals surface area (Å²) in [5.41, 5.74) is 2.01. The molecular weight excluding hydrogens is 745 g/mol. The highest BCUT2D eigenvalue weighted by Gasteiger charge is 2.31. The highest BCUT2D eigenvalue weighted by molar-refractivity contribution is 6.00. The molecule has 0 bridgehead atoms. The first-order valence-electron chi connectivity index (χ1n) is 20.1. The van der Waals surface area contributed by atoms with Gasteiger partial charge in [-0.05, 0) is 90.3 Å². The first-order valence-corrected chi connectivity index (χ1v) is 20.1. The molecule has 14 heteroatoms. The number of amides is 4. The van der Waals surface area contributed by atoms with Crippen molar-refractivity contribution in [2.24, 2.45) is 11.8 Å². The number of hydrogen-bond donors (Lipinski definition) is 5. The van der Waals surface area contributed by atoms with Crippen LogP contribution in [0.4, 0.5) is 9.59 Å². The maximum absolute atomic E-state index is 14.0. The quantitative estimate of drug-likeness (QED) is 0.0789. The third-order valence-electron chi connectivity index (χ3n) is 9.06. The standard InChI is InChI=1S/C44H64N4O10/c1-10-12-13-29-14-16-30(17-15-29)31-18-20-32(21-19-31)36(49)27-33(22-24-45-41(55)57-43(4,5)6)39(52)48-35(23-25-46-42(56)58-44(7,8)9)37(50)26-28(3)38(51)47-34(11-2)40(53)54/h14-21,28,33-35H,10-13,22-27H2,1-9H3,(H,45,55)(H,46,56)(H,47,51)(H,48,52)(H,53,54)/t28-,33-,34+,35+/m1/s1. The number of carbonyl (C=O) groups is 7. The normalized spacial score (nSPS) is 13.5. The van der Waals surface area contributed by atoms with Crippen molar-refractivity contribution in [3.63, 3.8) is 0 Å². The van der Waals surface area contributed by atoms with Gasteiger partial charge in [-0.2, -0.15) is 0 Å². The second-order valence-corrected chi connectivity index (χ2v) is 16.6. The number of hydrogen-bond acceptors (Lipinski definition) is 9. The van der Waals surface area contributed by atoms with E-state index in [2.05, 4.69) is 40.3 Å². The summed E-state index contributed by atoms with van der Waals surface area (Å²) in [6.45, 7) is 15.3. The van der Waals surface area contributed by atoms with Gasteiger partial charge in [0.15, 0.2) is 11.6 Å². The number of alkyl carbamates (subject to hydrolysis) is 2. The molecule has 320 valence electrons. The number of carbonyl (C=O) groups excluding carboxylic acids is 6. The molecule has 0 aromatic heterocycles. The van der Waals surface area contributed by atoms with Crippen LogP contribution in [0.1, 0.15) is 123 Å². The Morgan fingerprint density at radius 2 is 1.17 bits per heavy atom. The number of carboxylic acid groups (broad SMARTS) is 1. The fourth-order valence-electron chi connectivity index (χ4n) is 5.85. The van der Waals surface area contributed by atoms with Gasteiger partial charge >= 0.3 is 18.2 Å². The number of rotatable bonds is 22. The van der Waals surface area contributed by atoms with Crippen molar-refractivity contribution in [3.05, 3.63) is 59.7 Å². The summed E-state index contributed by atoms with van der Waals surface area (Å²) < 4.78 is 10.6. The Hall–Kier alpha value is -5.27. The summed E-state index contributed by atoms with van der Waals surface area (Å²) in [6.07, 6.45) is 1.27. The zero-order valence-electron chi connectivity index (χ0n) is 35.6. The summed E-state index contributed by atoms with van der Waals surface area (Å²) in [6, 6.07) is 13.0.